The zero-order chi connectivity index (χ0) is 18.9. The number of ether oxygens (including phenoxy) is 1. The Hall–Kier alpha value is -1.33. The van der Waals surface area contributed by atoms with E-state index in [-0.39, 0.29) is 22.8 Å². The maximum Gasteiger partial charge on any atom is 0.275 e. The fourth-order valence-corrected chi connectivity index (χ4v) is 5.06. The predicted octanol–water partition coefficient (Wildman–Crippen LogP) is 4.70. The number of aliphatic hydroxyl groups excluding tert-OH is 1. The Morgan fingerprint density at radius 2 is 1.88 bits per heavy atom. The summed E-state index contributed by atoms with van der Waals surface area (Å²) in [7, 11) is -1.15. The van der Waals surface area contributed by atoms with Crippen molar-refractivity contribution in [2.75, 3.05) is 0 Å². The second kappa shape index (κ2) is 7.73. The molecule has 1 aliphatic carbocycles. The molecule has 0 radical (unpaired) electrons. The van der Waals surface area contributed by atoms with Gasteiger partial charge in [0.1, 0.15) is 17.1 Å². The summed E-state index contributed by atoms with van der Waals surface area (Å²) in [4.78, 5) is 0. The number of aliphatic hydroxyl groups is 1. The van der Waals surface area contributed by atoms with Gasteiger partial charge in [0.2, 0.25) is 0 Å². The van der Waals surface area contributed by atoms with E-state index in [0.717, 1.165) is 36.8 Å². The van der Waals surface area contributed by atoms with Gasteiger partial charge in [-0.3, -0.25) is 0 Å². The van der Waals surface area contributed by atoms with Crippen LogP contribution in [0.15, 0.2) is 41.9 Å². The fraction of sp³-hybridized carbons (Fsp3) is 0.619. The van der Waals surface area contributed by atoms with Crippen LogP contribution in [0.25, 0.3) is 0 Å². The minimum absolute atomic E-state index is 0.0607. The molecule has 26 heavy (non-hydrogen) atoms. The predicted molar refractivity (Wildman–Crippen MR) is 106 cm³/mol. The van der Waals surface area contributed by atoms with Gasteiger partial charge in [-0.2, -0.15) is 0 Å². The maximum atomic E-state index is 13.4. The lowest BCUT2D eigenvalue weighted by Crippen LogP contribution is -2.51. The van der Waals surface area contributed by atoms with Crippen molar-refractivity contribution < 1.29 is 14.1 Å². The van der Waals surface area contributed by atoms with Crippen LogP contribution in [0.2, 0.25) is 0 Å². The van der Waals surface area contributed by atoms with Gasteiger partial charge >= 0.3 is 0 Å². The summed E-state index contributed by atoms with van der Waals surface area (Å²) < 4.78 is 21.1. The van der Waals surface area contributed by atoms with Crippen LogP contribution in [0, 0.1) is 5.92 Å². The first-order valence-corrected chi connectivity index (χ1v) is 10.7. The zero-order valence-corrected chi connectivity index (χ0v) is 17.1. The van der Waals surface area contributed by atoms with Gasteiger partial charge in [-0.1, -0.05) is 30.3 Å². The summed E-state index contributed by atoms with van der Waals surface area (Å²) in [5.74, 6) is 0.550. The van der Waals surface area contributed by atoms with Crippen molar-refractivity contribution in [2.45, 2.75) is 76.8 Å². The van der Waals surface area contributed by atoms with Crippen LogP contribution in [0.5, 0.6) is 0 Å². The molecule has 3 rings (SSSR count). The Kier molecular flexibility index (Phi) is 5.78. The molecule has 0 amide bonds. The van der Waals surface area contributed by atoms with Crippen LogP contribution >= 0.6 is 0 Å². The molecule has 1 aliphatic heterocycles. The third-order valence-electron chi connectivity index (χ3n) is 5.17. The minimum atomic E-state index is -1.15. The average molecular weight is 378 g/mol. The molecular weight excluding hydrogens is 346 g/mol. The van der Waals surface area contributed by atoms with E-state index < -0.39 is 11.0 Å². The van der Waals surface area contributed by atoms with Crippen molar-refractivity contribution in [3.8, 4) is 0 Å². The first-order valence-electron chi connectivity index (χ1n) is 9.55. The maximum absolute atomic E-state index is 13.4. The summed E-state index contributed by atoms with van der Waals surface area (Å²) in [5, 5.41) is 10.1. The fourth-order valence-electron chi connectivity index (χ4n) is 3.56. The first-order chi connectivity index (χ1) is 12.3. The molecule has 144 valence electrons. The first kappa shape index (κ1) is 19.4. The van der Waals surface area contributed by atoms with E-state index in [1.54, 1.807) is 0 Å². The molecule has 0 saturated heterocycles. The van der Waals surface area contributed by atoms with E-state index in [9.17, 15) is 9.32 Å². The van der Waals surface area contributed by atoms with E-state index in [0.29, 0.717) is 12.5 Å². The molecule has 1 saturated carbocycles. The topological polar surface area (TPSA) is 49.8 Å². The lowest BCUT2D eigenvalue weighted by atomic mass is 9.97. The second-order valence-corrected chi connectivity index (χ2v) is 10.7. The highest BCUT2D eigenvalue weighted by molar-refractivity contribution is 7.84. The van der Waals surface area contributed by atoms with E-state index in [1.165, 1.54) is 0 Å². The van der Waals surface area contributed by atoms with Gasteiger partial charge < -0.3 is 9.84 Å². The molecule has 0 aromatic heterocycles. The Balaban J connectivity index is 1.91. The normalized spacial score (nSPS) is 23.7. The van der Waals surface area contributed by atoms with Crippen LogP contribution in [-0.2, 0) is 22.3 Å². The van der Waals surface area contributed by atoms with Crippen LogP contribution in [0.3, 0.4) is 0 Å². The molecule has 2 aliphatic rings. The van der Waals surface area contributed by atoms with Crippen molar-refractivity contribution in [1.82, 2.24) is 4.31 Å². The molecular formula is C21H31NO3S. The SMILES string of the molecule is CC1=C(O)OC(C(C2CC2)N(Cc2ccccc2)S(=O)C(C)(C)C)CC1. The van der Waals surface area contributed by atoms with Crippen LogP contribution in [-0.4, -0.2) is 30.5 Å². The molecule has 5 heteroatoms. The van der Waals surface area contributed by atoms with Gasteiger partial charge in [0.25, 0.3) is 5.95 Å². The Morgan fingerprint density at radius 3 is 2.42 bits per heavy atom. The Bertz CT molecular complexity index is 676. The third kappa shape index (κ3) is 4.49. The number of rotatable bonds is 6. The van der Waals surface area contributed by atoms with Crippen molar-refractivity contribution in [3.63, 3.8) is 0 Å². The molecule has 1 aromatic carbocycles. The highest BCUT2D eigenvalue weighted by Crippen LogP contribution is 2.42. The van der Waals surface area contributed by atoms with Crippen molar-refractivity contribution in [2.24, 2.45) is 5.92 Å². The molecule has 0 bridgehead atoms. The highest BCUT2D eigenvalue weighted by Gasteiger charge is 2.46. The van der Waals surface area contributed by atoms with Gasteiger partial charge in [-0.15, -0.1) is 0 Å². The molecule has 1 N–H and O–H groups in total. The van der Waals surface area contributed by atoms with Crippen LogP contribution < -0.4 is 0 Å². The monoisotopic (exact) mass is 377 g/mol. The third-order valence-corrected chi connectivity index (χ3v) is 7.01. The molecule has 3 unspecified atom stereocenters. The Morgan fingerprint density at radius 1 is 1.23 bits per heavy atom. The molecule has 1 heterocycles. The lowest BCUT2D eigenvalue weighted by Gasteiger charge is -2.40. The molecule has 1 fully saturated rings. The molecule has 3 atom stereocenters. The van der Waals surface area contributed by atoms with Crippen LogP contribution in [0.4, 0.5) is 0 Å². The van der Waals surface area contributed by atoms with Gasteiger partial charge in [0.15, 0.2) is 0 Å². The smallest absolute Gasteiger partial charge is 0.275 e. The van der Waals surface area contributed by atoms with E-state index in [4.69, 9.17) is 4.74 Å². The quantitative estimate of drug-likeness (QED) is 0.782. The minimum Gasteiger partial charge on any atom is -0.481 e. The molecule has 0 spiro atoms. The lowest BCUT2D eigenvalue weighted by molar-refractivity contribution is -0.0300. The van der Waals surface area contributed by atoms with Gasteiger partial charge in [0.05, 0.1) is 10.8 Å². The number of allylic oxidation sites excluding steroid dienone is 1. The number of hydrogen-bond donors (Lipinski definition) is 1. The van der Waals surface area contributed by atoms with E-state index in [1.807, 2.05) is 45.9 Å². The zero-order valence-electron chi connectivity index (χ0n) is 16.3. The summed E-state index contributed by atoms with van der Waals surface area (Å²) in [6.07, 6.45) is 3.87. The Labute approximate surface area is 159 Å². The largest absolute Gasteiger partial charge is 0.481 e. The summed E-state index contributed by atoms with van der Waals surface area (Å²) >= 11 is 0. The average Bonchev–Trinajstić information content (AvgIpc) is 3.42. The second-order valence-electron chi connectivity index (χ2n) is 8.53. The van der Waals surface area contributed by atoms with Crippen molar-refractivity contribution in [1.29, 1.82) is 0 Å². The number of hydrogen-bond acceptors (Lipinski definition) is 3. The summed E-state index contributed by atoms with van der Waals surface area (Å²) in [6, 6.07) is 10.3. The van der Waals surface area contributed by atoms with Crippen molar-refractivity contribution in [3.05, 3.63) is 47.4 Å². The highest BCUT2D eigenvalue weighted by atomic mass is 32.2. The standard InChI is InChI=1S/C21H31NO3S/c1-15-10-13-18(25-20(15)23)19(17-11-12-17)22(26(24)21(2,3)4)14-16-8-6-5-7-9-16/h5-9,17-19,23H,10-14H2,1-4H3. The van der Waals surface area contributed by atoms with E-state index in [2.05, 4.69) is 16.4 Å². The van der Waals surface area contributed by atoms with Gasteiger partial charge in [-0.25, -0.2) is 8.51 Å². The number of benzene rings is 1. The van der Waals surface area contributed by atoms with Gasteiger partial charge in [0, 0.05) is 12.1 Å². The van der Waals surface area contributed by atoms with Crippen molar-refractivity contribution >= 4 is 11.0 Å². The summed E-state index contributed by atoms with van der Waals surface area (Å²) in [5.41, 5.74) is 2.06. The number of nitrogens with zero attached hydrogens (tertiary/aromatic N) is 1. The summed E-state index contributed by atoms with van der Waals surface area (Å²) in [6.45, 7) is 8.61. The van der Waals surface area contributed by atoms with E-state index >= 15 is 0 Å². The molecule has 4 nitrogen and oxygen atoms in total. The van der Waals surface area contributed by atoms with Crippen LogP contribution in [0.1, 0.15) is 58.9 Å². The van der Waals surface area contributed by atoms with Gasteiger partial charge in [-0.05, 0) is 64.9 Å². The molecule has 1 aromatic rings.